The number of Topliss-reactive ketones (excluding diaryl/α,β-unsaturated/α-hetero) is 1. The Morgan fingerprint density at radius 2 is 1.68 bits per heavy atom. The van der Waals surface area contributed by atoms with Crippen LogP contribution in [0.2, 0.25) is 0 Å². The minimum atomic E-state index is -0.942. The molecule has 9 heteroatoms. The molecule has 2 fully saturated rings. The molecule has 8 nitrogen and oxygen atoms in total. The van der Waals surface area contributed by atoms with Crippen LogP contribution in [0, 0.1) is 28.9 Å². The quantitative estimate of drug-likeness (QED) is 0.192. The second-order valence-electron chi connectivity index (χ2n) is 9.44. The van der Waals surface area contributed by atoms with Gasteiger partial charge in [-0.3, -0.25) is 24.5 Å². The smallest absolute Gasteiger partial charge is 0.271 e. The van der Waals surface area contributed by atoms with Gasteiger partial charge in [0.15, 0.2) is 5.78 Å². The third-order valence-corrected chi connectivity index (χ3v) is 8.03. The number of hydrogen-bond acceptors (Lipinski definition) is 6. The van der Waals surface area contributed by atoms with Crippen molar-refractivity contribution in [2.45, 2.75) is 19.0 Å². The Hall–Kier alpha value is -4.11. The van der Waals surface area contributed by atoms with Crippen LogP contribution >= 0.6 is 15.9 Å². The normalized spacial score (nSPS) is 23.6. The van der Waals surface area contributed by atoms with Gasteiger partial charge in [-0.05, 0) is 41.8 Å². The number of hydrogen-bond donors (Lipinski definition) is 0. The first-order valence-electron chi connectivity index (χ1n) is 11.7. The minimum Gasteiger partial charge on any atom is -0.358 e. The Balaban J connectivity index is 1.51. The lowest BCUT2D eigenvalue weighted by molar-refractivity contribution is -0.384. The molecular weight excluding hydrogens is 538 g/mol. The fraction of sp³-hybridized carbons (Fsp3) is 0.179. The predicted molar refractivity (Wildman–Crippen MR) is 140 cm³/mol. The Bertz CT molecular complexity index is 1530. The molecule has 2 saturated heterocycles. The zero-order chi connectivity index (χ0) is 26.0. The molecule has 184 valence electrons. The van der Waals surface area contributed by atoms with Crippen LogP contribution in [0.25, 0.3) is 6.08 Å². The van der Waals surface area contributed by atoms with E-state index in [9.17, 15) is 24.5 Å². The summed E-state index contributed by atoms with van der Waals surface area (Å²) >= 11 is 3.38. The molecule has 0 bridgehead atoms. The molecule has 3 aliphatic rings. The number of halogens is 1. The summed E-state index contributed by atoms with van der Waals surface area (Å²) in [5.74, 6) is -2.99. The van der Waals surface area contributed by atoms with Gasteiger partial charge in [0, 0.05) is 28.4 Å². The highest BCUT2D eigenvalue weighted by atomic mass is 79.9. The van der Waals surface area contributed by atoms with Gasteiger partial charge in [-0.1, -0.05) is 58.4 Å². The van der Waals surface area contributed by atoms with Crippen molar-refractivity contribution in [1.82, 2.24) is 4.90 Å². The lowest BCUT2D eigenvalue weighted by Crippen LogP contribution is -2.44. The molecule has 0 aliphatic carbocycles. The van der Waals surface area contributed by atoms with Crippen molar-refractivity contribution in [3.63, 3.8) is 0 Å². The van der Waals surface area contributed by atoms with Crippen LogP contribution in [0.3, 0.4) is 0 Å². The molecule has 0 unspecified atom stereocenters. The molecule has 3 aromatic carbocycles. The van der Waals surface area contributed by atoms with Crippen molar-refractivity contribution in [1.29, 1.82) is 0 Å². The number of ketones is 1. The zero-order valence-electron chi connectivity index (χ0n) is 19.6. The number of anilines is 1. The van der Waals surface area contributed by atoms with Gasteiger partial charge in [0.05, 0.1) is 28.5 Å². The topological polar surface area (TPSA) is 101 Å². The number of nitro groups is 1. The number of rotatable bonds is 4. The van der Waals surface area contributed by atoms with Crippen LogP contribution in [0.1, 0.15) is 33.1 Å². The van der Waals surface area contributed by atoms with Crippen LogP contribution in [0.15, 0.2) is 77.4 Å². The van der Waals surface area contributed by atoms with E-state index in [1.165, 1.54) is 18.2 Å². The summed E-state index contributed by atoms with van der Waals surface area (Å²) in [5.41, 5.74) is 2.75. The number of nitrogens with zero attached hydrogens (tertiary/aromatic N) is 3. The number of amides is 2. The van der Waals surface area contributed by atoms with E-state index in [1.54, 1.807) is 37.4 Å². The van der Waals surface area contributed by atoms with E-state index >= 15 is 0 Å². The van der Waals surface area contributed by atoms with Crippen molar-refractivity contribution >= 4 is 51.0 Å². The van der Waals surface area contributed by atoms with Gasteiger partial charge in [-0.25, -0.2) is 4.90 Å². The van der Waals surface area contributed by atoms with Gasteiger partial charge in [0.2, 0.25) is 11.8 Å². The maximum absolute atomic E-state index is 14.0. The van der Waals surface area contributed by atoms with Crippen LogP contribution in [-0.2, 0) is 9.59 Å². The predicted octanol–water partition coefficient (Wildman–Crippen LogP) is 5.06. The van der Waals surface area contributed by atoms with Crippen LogP contribution < -0.4 is 4.90 Å². The van der Waals surface area contributed by atoms with Crippen molar-refractivity contribution in [3.8, 4) is 0 Å². The second-order valence-corrected chi connectivity index (χ2v) is 10.4. The average molecular weight is 558 g/mol. The molecule has 4 atom stereocenters. The van der Waals surface area contributed by atoms with Gasteiger partial charge < -0.3 is 4.90 Å². The zero-order valence-corrected chi connectivity index (χ0v) is 21.2. The molecule has 0 spiro atoms. The summed E-state index contributed by atoms with van der Waals surface area (Å²) in [6, 6.07) is 17.2. The van der Waals surface area contributed by atoms with Gasteiger partial charge in [0.1, 0.15) is 6.04 Å². The lowest BCUT2D eigenvalue weighted by Gasteiger charge is -2.35. The minimum absolute atomic E-state index is 0.180. The maximum Gasteiger partial charge on any atom is 0.271 e. The van der Waals surface area contributed by atoms with E-state index in [0.717, 1.165) is 20.5 Å². The third kappa shape index (κ3) is 3.45. The molecule has 0 aromatic heterocycles. The van der Waals surface area contributed by atoms with Crippen LogP contribution in [0.5, 0.6) is 0 Å². The summed E-state index contributed by atoms with van der Waals surface area (Å²) in [7, 11) is 0. The SMILES string of the molecule is Cc1ccc([N+](=O)[O-])cc1N1C(=O)[C@@H]2[C@H](C1=O)[C@H]1c3ccccc3C=CN1[C@H]2C(=O)c1ccc(Br)cc1. The number of aryl methyl sites for hydroxylation is 1. The van der Waals surface area contributed by atoms with Crippen molar-refractivity contribution in [3.05, 3.63) is 110 Å². The summed E-state index contributed by atoms with van der Waals surface area (Å²) in [6.07, 6.45) is 3.70. The van der Waals surface area contributed by atoms with Gasteiger partial charge in [0.25, 0.3) is 5.69 Å². The fourth-order valence-corrected chi connectivity index (χ4v) is 6.10. The van der Waals surface area contributed by atoms with Gasteiger partial charge >= 0.3 is 0 Å². The molecule has 0 radical (unpaired) electrons. The molecule has 6 rings (SSSR count). The van der Waals surface area contributed by atoms with E-state index in [1.807, 2.05) is 35.2 Å². The molecule has 3 heterocycles. The number of benzene rings is 3. The number of nitro benzene ring substituents is 1. The average Bonchev–Trinajstić information content (AvgIpc) is 3.37. The number of imide groups is 1. The first-order valence-corrected chi connectivity index (χ1v) is 12.5. The summed E-state index contributed by atoms with van der Waals surface area (Å²) < 4.78 is 0.817. The van der Waals surface area contributed by atoms with Crippen LogP contribution in [0.4, 0.5) is 11.4 Å². The van der Waals surface area contributed by atoms with Gasteiger partial charge in [-0.2, -0.15) is 0 Å². The molecule has 3 aliphatic heterocycles. The van der Waals surface area contributed by atoms with Crippen LogP contribution in [-0.4, -0.2) is 33.5 Å². The van der Waals surface area contributed by atoms with E-state index in [0.29, 0.717) is 11.1 Å². The van der Waals surface area contributed by atoms with Gasteiger partial charge in [-0.15, -0.1) is 0 Å². The molecule has 3 aromatic rings. The molecule has 0 saturated carbocycles. The van der Waals surface area contributed by atoms with E-state index in [2.05, 4.69) is 15.9 Å². The van der Waals surface area contributed by atoms with Crippen molar-refractivity contribution in [2.24, 2.45) is 11.8 Å². The van der Waals surface area contributed by atoms with Crippen molar-refractivity contribution < 1.29 is 19.3 Å². The number of non-ortho nitro benzene ring substituents is 1. The standard InChI is InChI=1S/C28H20BrN3O5/c1-15-6-11-19(32(36)37)14-21(15)31-27(34)22-23(28(31)35)25(26(33)17-7-9-18(29)10-8-17)30-13-12-16-4-2-3-5-20(16)24(22)30/h2-14,22-25H,1H3/t22-,23+,24+,25+/m0/s1. The monoisotopic (exact) mass is 557 g/mol. The van der Waals surface area contributed by atoms with E-state index < -0.39 is 40.7 Å². The number of carbonyl (C=O) groups is 3. The Morgan fingerprint density at radius 3 is 2.41 bits per heavy atom. The summed E-state index contributed by atoms with van der Waals surface area (Å²) in [4.78, 5) is 55.7. The largest absolute Gasteiger partial charge is 0.358 e. The number of fused-ring (bicyclic) bond motifs is 5. The fourth-order valence-electron chi connectivity index (χ4n) is 5.83. The first-order chi connectivity index (χ1) is 17.8. The molecule has 0 N–H and O–H groups in total. The first kappa shape index (κ1) is 23.3. The highest BCUT2D eigenvalue weighted by Gasteiger charge is 2.64. The molecular formula is C28H20BrN3O5. The lowest BCUT2D eigenvalue weighted by atomic mass is 9.83. The molecule has 2 amide bonds. The summed E-state index contributed by atoms with van der Waals surface area (Å²) in [6.45, 7) is 1.70. The Morgan fingerprint density at radius 1 is 0.973 bits per heavy atom. The third-order valence-electron chi connectivity index (χ3n) is 7.50. The highest BCUT2D eigenvalue weighted by Crippen LogP contribution is 2.54. The van der Waals surface area contributed by atoms with E-state index in [-0.39, 0.29) is 17.2 Å². The highest BCUT2D eigenvalue weighted by molar-refractivity contribution is 9.10. The Kier molecular flexibility index (Phi) is 5.34. The van der Waals surface area contributed by atoms with E-state index in [4.69, 9.17) is 0 Å². The maximum atomic E-state index is 14.0. The second kappa shape index (κ2) is 8.48. The summed E-state index contributed by atoms with van der Waals surface area (Å²) in [5, 5.41) is 11.4. The molecule has 37 heavy (non-hydrogen) atoms. The van der Waals surface area contributed by atoms with Crippen molar-refractivity contribution in [2.75, 3.05) is 4.90 Å². The Labute approximate surface area is 220 Å². The number of carbonyl (C=O) groups excluding carboxylic acids is 3.